The normalized spacial score (nSPS) is 10.5. The number of oxazole rings is 1. The van der Waals surface area contributed by atoms with E-state index in [0.29, 0.717) is 11.3 Å². The van der Waals surface area contributed by atoms with Crippen LogP contribution in [0.1, 0.15) is 26.6 Å². The number of benzene rings is 2. The lowest BCUT2D eigenvalue weighted by atomic mass is 10.1. The minimum Gasteiger partial charge on any atom is -0.441 e. The van der Waals surface area contributed by atoms with E-state index >= 15 is 0 Å². The quantitative estimate of drug-likeness (QED) is 0.543. The standard InChI is InChI=1S/C20H16N6O3/c1-13-7-5-6-10-15(13)16(27)22-19-24-20(23-17(28)18-21-11-12-29-18)26(25-19)14-8-3-2-4-9-14/h2-12H,1H3,(H2,22,23,24,25,27,28). The summed E-state index contributed by atoms with van der Waals surface area (Å²) in [5.74, 6) is -0.891. The first-order chi connectivity index (χ1) is 14.1. The maximum Gasteiger partial charge on any atom is 0.313 e. The van der Waals surface area contributed by atoms with Crippen molar-refractivity contribution in [3.63, 3.8) is 0 Å². The van der Waals surface area contributed by atoms with Gasteiger partial charge in [0.2, 0.25) is 5.95 Å². The highest BCUT2D eigenvalue weighted by Crippen LogP contribution is 2.18. The number of nitrogens with zero attached hydrogens (tertiary/aromatic N) is 4. The number of nitrogens with one attached hydrogen (secondary N) is 2. The molecule has 29 heavy (non-hydrogen) atoms. The van der Waals surface area contributed by atoms with Crippen LogP contribution in [-0.4, -0.2) is 31.6 Å². The minimum absolute atomic E-state index is 0.0461. The number of anilines is 2. The number of carbonyl (C=O) groups is 2. The number of para-hydroxylation sites is 1. The largest absolute Gasteiger partial charge is 0.441 e. The third-order valence-corrected chi connectivity index (χ3v) is 4.07. The van der Waals surface area contributed by atoms with Gasteiger partial charge in [-0.15, -0.1) is 5.10 Å². The van der Waals surface area contributed by atoms with Gasteiger partial charge in [0.05, 0.1) is 11.9 Å². The van der Waals surface area contributed by atoms with E-state index in [2.05, 4.69) is 25.7 Å². The van der Waals surface area contributed by atoms with Gasteiger partial charge in [0, 0.05) is 5.56 Å². The second kappa shape index (κ2) is 7.77. The predicted molar refractivity (Wildman–Crippen MR) is 105 cm³/mol. The average molecular weight is 388 g/mol. The van der Waals surface area contributed by atoms with Crippen molar-refractivity contribution in [2.24, 2.45) is 0 Å². The molecule has 0 fully saturated rings. The molecule has 0 bridgehead atoms. The van der Waals surface area contributed by atoms with Crippen molar-refractivity contribution in [1.82, 2.24) is 19.7 Å². The van der Waals surface area contributed by atoms with Crippen molar-refractivity contribution in [2.45, 2.75) is 6.92 Å². The molecule has 9 heteroatoms. The van der Waals surface area contributed by atoms with Crippen LogP contribution in [0.25, 0.3) is 5.69 Å². The number of hydrogen-bond donors (Lipinski definition) is 2. The monoisotopic (exact) mass is 388 g/mol. The molecule has 0 aliphatic carbocycles. The summed E-state index contributed by atoms with van der Waals surface area (Å²) in [6.45, 7) is 1.84. The lowest BCUT2D eigenvalue weighted by molar-refractivity contribution is 0.0987. The second-order valence-corrected chi connectivity index (χ2v) is 6.07. The summed E-state index contributed by atoms with van der Waals surface area (Å²) >= 11 is 0. The molecule has 0 radical (unpaired) electrons. The molecule has 9 nitrogen and oxygen atoms in total. The number of rotatable bonds is 5. The van der Waals surface area contributed by atoms with E-state index in [1.807, 2.05) is 37.3 Å². The molecule has 0 aliphatic heterocycles. The third kappa shape index (κ3) is 3.88. The first-order valence-electron chi connectivity index (χ1n) is 8.72. The maximum atomic E-state index is 12.6. The van der Waals surface area contributed by atoms with Crippen molar-refractivity contribution in [1.29, 1.82) is 0 Å². The highest BCUT2D eigenvalue weighted by Gasteiger charge is 2.19. The summed E-state index contributed by atoms with van der Waals surface area (Å²) in [6, 6.07) is 16.3. The highest BCUT2D eigenvalue weighted by atomic mass is 16.3. The van der Waals surface area contributed by atoms with Crippen molar-refractivity contribution >= 4 is 23.7 Å². The molecule has 4 aromatic rings. The number of aryl methyl sites for hydroxylation is 1. The van der Waals surface area contributed by atoms with Crippen LogP contribution in [0.4, 0.5) is 11.9 Å². The fourth-order valence-electron chi connectivity index (χ4n) is 2.68. The Morgan fingerprint density at radius 1 is 0.966 bits per heavy atom. The van der Waals surface area contributed by atoms with Crippen LogP contribution in [0.15, 0.2) is 71.5 Å². The van der Waals surface area contributed by atoms with Gasteiger partial charge < -0.3 is 4.42 Å². The van der Waals surface area contributed by atoms with Gasteiger partial charge in [-0.1, -0.05) is 36.4 Å². The fraction of sp³-hybridized carbons (Fsp3) is 0.0500. The zero-order valence-corrected chi connectivity index (χ0v) is 15.4. The number of amides is 2. The van der Waals surface area contributed by atoms with Gasteiger partial charge in [-0.25, -0.2) is 4.98 Å². The molecule has 0 saturated carbocycles. The van der Waals surface area contributed by atoms with Gasteiger partial charge in [-0.2, -0.15) is 9.67 Å². The smallest absolute Gasteiger partial charge is 0.313 e. The Kier molecular flexibility index (Phi) is 4.85. The zero-order chi connectivity index (χ0) is 20.2. The molecular weight excluding hydrogens is 372 g/mol. The first kappa shape index (κ1) is 18.1. The molecule has 0 atom stereocenters. The molecule has 144 valence electrons. The Morgan fingerprint density at radius 2 is 1.72 bits per heavy atom. The van der Waals surface area contributed by atoms with Gasteiger partial charge in [0.25, 0.3) is 17.7 Å². The van der Waals surface area contributed by atoms with Gasteiger partial charge in [-0.3, -0.25) is 20.2 Å². The summed E-state index contributed by atoms with van der Waals surface area (Å²) in [5, 5.41) is 9.58. The lowest BCUT2D eigenvalue weighted by Crippen LogP contribution is -2.16. The lowest BCUT2D eigenvalue weighted by Gasteiger charge is -2.05. The Labute approximate surface area is 165 Å². The van der Waals surface area contributed by atoms with Gasteiger partial charge in [0.15, 0.2) is 0 Å². The van der Waals surface area contributed by atoms with Crippen LogP contribution in [0.3, 0.4) is 0 Å². The molecule has 2 N–H and O–H groups in total. The molecule has 2 aromatic carbocycles. The first-order valence-corrected chi connectivity index (χ1v) is 8.72. The van der Waals surface area contributed by atoms with Crippen LogP contribution in [-0.2, 0) is 0 Å². The number of carbonyl (C=O) groups excluding carboxylic acids is 2. The van der Waals surface area contributed by atoms with E-state index in [4.69, 9.17) is 4.42 Å². The SMILES string of the molecule is Cc1ccccc1C(=O)Nc1nc(NC(=O)c2ncco2)n(-c2ccccc2)n1. The van der Waals surface area contributed by atoms with Gasteiger partial charge >= 0.3 is 5.91 Å². The van der Waals surface area contributed by atoms with Crippen molar-refractivity contribution in [2.75, 3.05) is 10.6 Å². The predicted octanol–water partition coefficient (Wildman–Crippen LogP) is 3.07. The zero-order valence-electron chi connectivity index (χ0n) is 15.4. The van der Waals surface area contributed by atoms with E-state index in [1.165, 1.54) is 17.1 Å². The Hall–Kier alpha value is -4.27. The molecule has 2 amide bonds. The Bertz CT molecular complexity index is 1150. The number of aromatic nitrogens is 4. The molecule has 0 spiro atoms. The molecule has 2 aromatic heterocycles. The van der Waals surface area contributed by atoms with Crippen LogP contribution in [0.5, 0.6) is 0 Å². The fourth-order valence-corrected chi connectivity index (χ4v) is 2.68. The van der Waals surface area contributed by atoms with E-state index in [-0.39, 0.29) is 23.7 Å². The molecule has 0 saturated heterocycles. The van der Waals surface area contributed by atoms with E-state index in [9.17, 15) is 9.59 Å². The van der Waals surface area contributed by atoms with E-state index < -0.39 is 5.91 Å². The maximum absolute atomic E-state index is 12.6. The minimum atomic E-state index is -0.587. The van der Waals surface area contributed by atoms with Crippen molar-refractivity contribution < 1.29 is 14.0 Å². The van der Waals surface area contributed by atoms with Crippen LogP contribution >= 0.6 is 0 Å². The van der Waals surface area contributed by atoms with Gasteiger partial charge in [0.1, 0.15) is 6.26 Å². The Morgan fingerprint density at radius 3 is 2.45 bits per heavy atom. The van der Waals surface area contributed by atoms with Crippen LogP contribution in [0.2, 0.25) is 0 Å². The number of hydrogen-bond acceptors (Lipinski definition) is 6. The summed E-state index contributed by atoms with van der Waals surface area (Å²) in [7, 11) is 0. The van der Waals surface area contributed by atoms with Crippen molar-refractivity contribution in [3.05, 3.63) is 84.1 Å². The van der Waals surface area contributed by atoms with Crippen LogP contribution < -0.4 is 10.6 Å². The van der Waals surface area contributed by atoms with E-state index in [1.54, 1.807) is 24.3 Å². The molecule has 0 aliphatic rings. The third-order valence-electron chi connectivity index (χ3n) is 4.07. The summed E-state index contributed by atoms with van der Waals surface area (Å²) in [5.41, 5.74) is 1.98. The van der Waals surface area contributed by atoms with E-state index in [0.717, 1.165) is 5.56 Å². The molecular formula is C20H16N6O3. The summed E-state index contributed by atoms with van der Waals surface area (Å²) < 4.78 is 6.42. The summed E-state index contributed by atoms with van der Waals surface area (Å²) in [4.78, 5) is 33.0. The average Bonchev–Trinajstić information content (AvgIpc) is 3.39. The van der Waals surface area contributed by atoms with Crippen molar-refractivity contribution in [3.8, 4) is 5.69 Å². The molecule has 0 unspecified atom stereocenters. The topological polar surface area (TPSA) is 115 Å². The second-order valence-electron chi connectivity index (χ2n) is 6.07. The molecule has 2 heterocycles. The van der Waals surface area contributed by atoms with Crippen LogP contribution in [0, 0.1) is 6.92 Å². The molecule has 4 rings (SSSR count). The van der Waals surface area contributed by atoms with Gasteiger partial charge in [-0.05, 0) is 30.7 Å². The summed E-state index contributed by atoms with van der Waals surface area (Å²) in [6.07, 6.45) is 2.66. The highest BCUT2D eigenvalue weighted by molar-refractivity contribution is 6.04. The Balaban J connectivity index is 1.65.